The minimum atomic E-state index is 0.134. The van der Waals surface area contributed by atoms with Gasteiger partial charge in [0.2, 0.25) is 11.9 Å². The van der Waals surface area contributed by atoms with Crippen LogP contribution in [-0.4, -0.2) is 46.5 Å². The lowest BCUT2D eigenvalue weighted by Gasteiger charge is -2.39. The fourth-order valence-electron chi connectivity index (χ4n) is 2.12. The summed E-state index contributed by atoms with van der Waals surface area (Å²) in [5.41, 5.74) is 0.932. The minimum Gasteiger partial charge on any atom is -0.339 e. The van der Waals surface area contributed by atoms with Crippen molar-refractivity contribution in [3.63, 3.8) is 0 Å². The molecule has 0 aliphatic carbocycles. The molecule has 0 unspecified atom stereocenters. The molecule has 2 heterocycles. The molecular formula is C12H17BrN4O. The van der Waals surface area contributed by atoms with Crippen molar-refractivity contribution in [2.24, 2.45) is 0 Å². The third-order valence-corrected chi connectivity index (χ3v) is 4.01. The number of rotatable bonds is 1. The Morgan fingerprint density at radius 1 is 1.50 bits per heavy atom. The number of halogens is 1. The van der Waals surface area contributed by atoms with Crippen LogP contribution in [0.1, 0.15) is 19.5 Å². The molecule has 0 spiro atoms. The van der Waals surface area contributed by atoms with Gasteiger partial charge in [-0.15, -0.1) is 0 Å². The molecule has 18 heavy (non-hydrogen) atoms. The summed E-state index contributed by atoms with van der Waals surface area (Å²) in [5, 5.41) is 0. The van der Waals surface area contributed by atoms with E-state index in [1.165, 1.54) is 0 Å². The SMILES string of the molecule is CC(=O)N1CCN(c2ncc(Br)c(C)n2)[C@H](C)C1. The maximum absolute atomic E-state index is 11.4. The maximum atomic E-state index is 11.4. The summed E-state index contributed by atoms with van der Waals surface area (Å²) in [6.45, 7) is 7.90. The van der Waals surface area contributed by atoms with E-state index in [4.69, 9.17) is 0 Å². The molecule has 1 saturated heterocycles. The number of anilines is 1. The summed E-state index contributed by atoms with van der Waals surface area (Å²) in [6.07, 6.45) is 1.78. The summed E-state index contributed by atoms with van der Waals surface area (Å²) in [7, 11) is 0. The Morgan fingerprint density at radius 2 is 2.22 bits per heavy atom. The number of aryl methyl sites for hydroxylation is 1. The fraction of sp³-hybridized carbons (Fsp3) is 0.583. The van der Waals surface area contributed by atoms with Crippen molar-refractivity contribution >= 4 is 27.8 Å². The third kappa shape index (κ3) is 2.63. The van der Waals surface area contributed by atoms with Crippen LogP contribution in [0, 0.1) is 6.92 Å². The van der Waals surface area contributed by atoms with E-state index >= 15 is 0 Å². The van der Waals surface area contributed by atoms with Crippen LogP contribution in [0.4, 0.5) is 5.95 Å². The van der Waals surface area contributed by atoms with E-state index in [1.54, 1.807) is 13.1 Å². The summed E-state index contributed by atoms with van der Waals surface area (Å²) in [4.78, 5) is 24.2. The second-order valence-electron chi connectivity index (χ2n) is 4.61. The van der Waals surface area contributed by atoms with Gasteiger partial charge in [-0.3, -0.25) is 4.79 Å². The molecule has 1 aliphatic heterocycles. The highest BCUT2D eigenvalue weighted by Gasteiger charge is 2.26. The maximum Gasteiger partial charge on any atom is 0.225 e. The zero-order valence-electron chi connectivity index (χ0n) is 10.9. The summed E-state index contributed by atoms with van der Waals surface area (Å²) < 4.78 is 0.918. The van der Waals surface area contributed by atoms with Gasteiger partial charge in [0.1, 0.15) is 0 Å². The van der Waals surface area contributed by atoms with Crippen LogP contribution in [0.25, 0.3) is 0 Å². The van der Waals surface area contributed by atoms with E-state index in [0.717, 1.165) is 35.7 Å². The molecule has 1 aromatic heterocycles. The summed E-state index contributed by atoms with van der Waals surface area (Å²) >= 11 is 3.40. The van der Waals surface area contributed by atoms with Crippen LogP contribution in [0.5, 0.6) is 0 Å². The molecule has 5 nitrogen and oxygen atoms in total. The highest BCUT2D eigenvalue weighted by molar-refractivity contribution is 9.10. The molecule has 1 aromatic rings. The number of hydrogen-bond donors (Lipinski definition) is 0. The first kappa shape index (κ1) is 13.3. The molecule has 0 N–H and O–H groups in total. The van der Waals surface area contributed by atoms with Crippen LogP contribution in [-0.2, 0) is 4.79 Å². The standard InChI is InChI=1S/C12H17BrN4O/c1-8-7-16(10(3)18)4-5-17(8)12-14-6-11(13)9(2)15-12/h6,8H,4-5,7H2,1-3H3/t8-/m1/s1. The van der Waals surface area contributed by atoms with Crippen molar-refractivity contribution in [2.45, 2.75) is 26.8 Å². The van der Waals surface area contributed by atoms with Gasteiger partial charge in [0.25, 0.3) is 0 Å². The number of hydrogen-bond acceptors (Lipinski definition) is 4. The van der Waals surface area contributed by atoms with E-state index < -0.39 is 0 Å². The Hall–Kier alpha value is -1.17. The lowest BCUT2D eigenvalue weighted by atomic mass is 10.2. The predicted molar refractivity (Wildman–Crippen MR) is 73.5 cm³/mol. The topological polar surface area (TPSA) is 49.3 Å². The molecule has 6 heteroatoms. The molecule has 1 atom stereocenters. The number of carbonyl (C=O) groups is 1. The predicted octanol–water partition coefficient (Wildman–Crippen LogP) is 1.60. The largest absolute Gasteiger partial charge is 0.339 e. The molecule has 0 bridgehead atoms. The fourth-order valence-corrected chi connectivity index (χ4v) is 2.31. The number of aromatic nitrogens is 2. The molecule has 0 radical (unpaired) electrons. The van der Waals surface area contributed by atoms with E-state index in [9.17, 15) is 4.79 Å². The smallest absolute Gasteiger partial charge is 0.225 e. The van der Waals surface area contributed by atoms with Crippen molar-refractivity contribution in [1.82, 2.24) is 14.9 Å². The van der Waals surface area contributed by atoms with Crippen molar-refractivity contribution in [1.29, 1.82) is 0 Å². The molecule has 1 fully saturated rings. The first-order chi connectivity index (χ1) is 8.49. The van der Waals surface area contributed by atoms with Gasteiger partial charge in [-0.05, 0) is 29.8 Å². The molecule has 0 saturated carbocycles. The van der Waals surface area contributed by atoms with Gasteiger partial charge in [0.15, 0.2) is 0 Å². The highest BCUT2D eigenvalue weighted by Crippen LogP contribution is 2.20. The average molecular weight is 313 g/mol. The number of carbonyl (C=O) groups excluding carboxylic acids is 1. The van der Waals surface area contributed by atoms with Crippen LogP contribution < -0.4 is 4.90 Å². The lowest BCUT2D eigenvalue weighted by molar-refractivity contribution is -0.129. The van der Waals surface area contributed by atoms with E-state index in [1.807, 2.05) is 11.8 Å². The van der Waals surface area contributed by atoms with Gasteiger partial charge in [0.05, 0.1) is 10.2 Å². The highest BCUT2D eigenvalue weighted by atomic mass is 79.9. The van der Waals surface area contributed by atoms with Gasteiger partial charge in [-0.2, -0.15) is 0 Å². The number of piperazine rings is 1. The second kappa shape index (κ2) is 5.22. The third-order valence-electron chi connectivity index (χ3n) is 3.24. The van der Waals surface area contributed by atoms with Gasteiger partial charge < -0.3 is 9.80 Å². The second-order valence-corrected chi connectivity index (χ2v) is 5.47. The quantitative estimate of drug-likeness (QED) is 0.790. The Labute approximate surface area is 115 Å². The monoisotopic (exact) mass is 312 g/mol. The van der Waals surface area contributed by atoms with Crippen LogP contribution >= 0.6 is 15.9 Å². The Bertz CT molecular complexity index is 465. The van der Waals surface area contributed by atoms with Crippen molar-refractivity contribution < 1.29 is 4.79 Å². The van der Waals surface area contributed by atoms with Gasteiger partial charge in [-0.25, -0.2) is 9.97 Å². The van der Waals surface area contributed by atoms with Crippen molar-refractivity contribution in [3.8, 4) is 0 Å². The normalized spacial score (nSPS) is 20.1. The zero-order chi connectivity index (χ0) is 13.3. The first-order valence-corrected chi connectivity index (χ1v) is 6.79. The van der Waals surface area contributed by atoms with Gasteiger partial charge in [-0.1, -0.05) is 0 Å². The molecular weight excluding hydrogens is 296 g/mol. The van der Waals surface area contributed by atoms with Crippen LogP contribution in [0.15, 0.2) is 10.7 Å². The molecule has 1 aliphatic rings. The number of nitrogens with zero attached hydrogens (tertiary/aromatic N) is 4. The summed E-state index contributed by atoms with van der Waals surface area (Å²) in [6, 6.07) is 0.239. The molecule has 1 amide bonds. The van der Waals surface area contributed by atoms with Gasteiger partial charge >= 0.3 is 0 Å². The summed E-state index contributed by atoms with van der Waals surface area (Å²) in [5.74, 6) is 0.876. The zero-order valence-corrected chi connectivity index (χ0v) is 12.4. The Balaban J connectivity index is 2.15. The number of amides is 1. The minimum absolute atomic E-state index is 0.134. The molecule has 0 aromatic carbocycles. The molecule has 2 rings (SSSR count). The lowest BCUT2D eigenvalue weighted by Crippen LogP contribution is -2.53. The Kier molecular flexibility index (Phi) is 3.85. The first-order valence-electron chi connectivity index (χ1n) is 6.00. The van der Waals surface area contributed by atoms with E-state index in [0.29, 0.717) is 0 Å². The van der Waals surface area contributed by atoms with Gasteiger partial charge in [0, 0.05) is 38.8 Å². The molecule has 98 valence electrons. The van der Waals surface area contributed by atoms with E-state index in [2.05, 4.69) is 37.7 Å². The van der Waals surface area contributed by atoms with Crippen molar-refractivity contribution in [2.75, 3.05) is 24.5 Å². The van der Waals surface area contributed by atoms with Crippen molar-refractivity contribution in [3.05, 3.63) is 16.4 Å². The van der Waals surface area contributed by atoms with Crippen LogP contribution in [0.3, 0.4) is 0 Å². The average Bonchev–Trinajstić information content (AvgIpc) is 2.32. The van der Waals surface area contributed by atoms with E-state index in [-0.39, 0.29) is 11.9 Å². The Morgan fingerprint density at radius 3 is 2.78 bits per heavy atom. The van der Waals surface area contributed by atoms with Crippen LogP contribution in [0.2, 0.25) is 0 Å².